The standard InChI is InChI=1S/C27H37N3O7/c1-26(2,3)36-16-19(24(32)35-5)28-25(33)30-14-11-27(17-30)9-12-29(13-10-27)23(31)21-15-18-7-6-8-20(34-4)22(18)37-21/h6-8,15,19H,9-14,16-17H2,1-5H3,(H,28,33)/t19-/m0/s1. The molecule has 10 heteroatoms. The van der Waals surface area contributed by atoms with E-state index in [2.05, 4.69) is 5.32 Å². The van der Waals surface area contributed by atoms with Crippen LogP contribution in [0, 0.1) is 5.41 Å². The van der Waals surface area contributed by atoms with Crippen LogP contribution < -0.4 is 10.1 Å². The average Bonchev–Trinajstić information content (AvgIpc) is 3.50. The molecule has 2 aromatic rings. The number of hydrogen-bond acceptors (Lipinski definition) is 7. The van der Waals surface area contributed by atoms with Gasteiger partial charge in [0.25, 0.3) is 5.91 Å². The van der Waals surface area contributed by atoms with E-state index in [0.29, 0.717) is 43.3 Å². The van der Waals surface area contributed by atoms with E-state index < -0.39 is 17.6 Å². The number of urea groups is 1. The topological polar surface area (TPSA) is 111 Å². The third kappa shape index (κ3) is 6.01. The van der Waals surface area contributed by atoms with E-state index in [9.17, 15) is 14.4 Å². The predicted octanol–water partition coefficient (Wildman–Crippen LogP) is 3.44. The molecular weight excluding hydrogens is 478 g/mol. The van der Waals surface area contributed by atoms with Gasteiger partial charge in [-0.15, -0.1) is 0 Å². The fourth-order valence-corrected chi connectivity index (χ4v) is 5.04. The molecule has 1 spiro atoms. The second kappa shape index (κ2) is 10.6. The Morgan fingerprint density at radius 2 is 1.76 bits per heavy atom. The van der Waals surface area contributed by atoms with Crippen LogP contribution in [0.25, 0.3) is 11.0 Å². The van der Waals surface area contributed by atoms with Crippen molar-refractivity contribution in [2.24, 2.45) is 5.41 Å². The van der Waals surface area contributed by atoms with Crippen molar-refractivity contribution < 1.29 is 33.0 Å². The van der Waals surface area contributed by atoms with Crippen LogP contribution in [-0.4, -0.2) is 86.4 Å². The van der Waals surface area contributed by atoms with E-state index in [1.807, 2.05) is 37.8 Å². The molecule has 2 aliphatic rings. The molecule has 1 aromatic heterocycles. The van der Waals surface area contributed by atoms with Gasteiger partial charge in [0.1, 0.15) is 0 Å². The van der Waals surface area contributed by atoms with E-state index in [4.69, 9.17) is 18.6 Å². The number of methoxy groups -OCH3 is 2. The zero-order valence-electron chi connectivity index (χ0n) is 22.3. The number of furan rings is 1. The average molecular weight is 516 g/mol. The molecule has 3 amide bonds. The number of rotatable bonds is 6. The van der Waals surface area contributed by atoms with Crippen LogP contribution in [0.1, 0.15) is 50.6 Å². The van der Waals surface area contributed by atoms with Crippen LogP contribution in [-0.2, 0) is 14.3 Å². The Morgan fingerprint density at radius 3 is 2.38 bits per heavy atom. The molecule has 2 saturated heterocycles. The van der Waals surface area contributed by atoms with Gasteiger partial charge in [-0.1, -0.05) is 12.1 Å². The number of nitrogens with one attached hydrogen (secondary N) is 1. The summed E-state index contributed by atoms with van der Waals surface area (Å²) in [6, 6.07) is 6.13. The number of hydrogen-bond donors (Lipinski definition) is 1. The highest BCUT2D eigenvalue weighted by Crippen LogP contribution is 2.41. The number of fused-ring (bicyclic) bond motifs is 1. The van der Waals surface area contributed by atoms with Gasteiger partial charge in [-0.05, 0) is 57.6 Å². The lowest BCUT2D eigenvalue weighted by molar-refractivity contribution is -0.146. The molecule has 3 heterocycles. The van der Waals surface area contributed by atoms with Crippen LogP contribution in [0.15, 0.2) is 28.7 Å². The Labute approximate surface area is 217 Å². The minimum Gasteiger partial charge on any atom is -0.493 e. The molecule has 0 unspecified atom stereocenters. The van der Waals surface area contributed by atoms with Crippen LogP contribution in [0.5, 0.6) is 5.75 Å². The summed E-state index contributed by atoms with van der Waals surface area (Å²) in [6.45, 7) is 8.04. The Hall–Kier alpha value is -3.27. The number of ether oxygens (including phenoxy) is 3. The molecule has 1 N–H and O–H groups in total. The van der Waals surface area contributed by atoms with Crippen molar-refractivity contribution >= 4 is 28.9 Å². The molecule has 10 nitrogen and oxygen atoms in total. The van der Waals surface area contributed by atoms with Crippen molar-refractivity contribution in [1.82, 2.24) is 15.1 Å². The van der Waals surface area contributed by atoms with Crippen molar-refractivity contribution in [2.75, 3.05) is 47.0 Å². The van der Waals surface area contributed by atoms with Crippen molar-refractivity contribution in [2.45, 2.75) is 51.7 Å². The first-order valence-electron chi connectivity index (χ1n) is 12.7. The summed E-state index contributed by atoms with van der Waals surface area (Å²) in [5, 5.41) is 3.60. The molecule has 0 radical (unpaired) electrons. The minimum absolute atomic E-state index is 0.0334. The molecule has 2 aliphatic heterocycles. The van der Waals surface area contributed by atoms with E-state index >= 15 is 0 Å². The summed E-state index contributed by atoms with van der Waals surface area (Å²) in [5.74, 6) is 0.217. The summed E-state index contributed by atoms with van der Waals surface area (Å²) in [7, 11) is 2.86. The number of esters is 1. The van der Waals surface area contributed by atoms with Gasteiger partial charge in [-0.3, -0.25) is 4.79 Å². The number of nitrogens with zero attached hydrogens (tertiary/aromatic N) is 2. The van der Waals surface area contributed by atoms with E-state index in [0.717, 1.165) is 24.6 Å². The molecule has 202 valence electrons. The molecule has 1 atom stereocenters. The Balaban J connectivity index is 1.33. The zero-order valence-corrected chi connectivity index (χ0v) is 22.3. The molecule has 0 saturated carbocycles. The highest BCUT2D eigenvalue weighted by atomic mass is 16.5. The molecule has 1 aromatic carbocycles. The van der Waals surface area contributed by atoms with Gasteiger partial charge in [0.05, 0.1) is 26.4 Å². The van der Waals surface area contributed by atoms with Gasteiger partial charge >= 0.3 is 12.0 Å². The fourth-order valence-electron chi connectivity index (χ4n) is 5.04. The largest absolute Gasteiger partial charge is 0.493 e. The second-order valence-electron chi connectivity index (χ2n) is 10.9. The monoisotopic (exact) mass is 515 g/mol. The SMILES string of the molecule is COC(=O)[C@H](COC(C)(C)C)NC(=O)N1CCC2(CCN(C(=O)c3cc4cccc(OC)c4o3)CC2)C1. The maximum Gasteiger partial charge on any atom is 0.330 e. The highest BCUT2D eigenvalue weighted by molar-refractivity contribution is 5.97. The lowest BCUT2D eigenvalue weighted by Gasteiger charge is -2.39. The molecule has 2 fully saturated rings. The maximum atomic E-state index is 13.2. The number of likely N-dealkylation sites (tertiary alicyclic amines) is 2. The van der Waals surface area contributed by atoms with Crippen LogP contribution >= 0.6 is 0 Å². The van der Waals surface area contributed by atoms with Crippen LogP contribution in [0.4, 0.5) is 4.79 Å². The Morgan fingerprint density at radius 1 is 1.08 bits per heavy atom. The number of piperidine rings is 1. The highest BCUT2D eigenvalue weighted by Gasteiger charge is 2.43. The first kappa shape index (κ1) is 26.8. The van der Waals surface area contributed by atoms with Crippen LogP contribution in [0.3, 0.4) is 0 Å². The van der Waals surface area contributed by atoms with Crippen LogP contribution in [0.2, 0.25) is 0 Å². The predicted molar refractivity (Wildman–Crippen MR) is 137 cm³/mol. The lowest BCUT2D eigenvalue weighted by Crippen LogP contribution is -2.51. The van der Waals surface area contributed by atoms with E-state index in [-0.39, 0.29) is 24.0 Å². The fraction of sp³-hybridized carbons (Fsp3) is 0.593. The molecular formula is C27H37N3O7. The first-order chi connectivity index (χ1) is 17.5. The minimum atomic E-state index is -0.879. The summed E-state index contributed by atoms with van der Waals surface area (Å²) >= 11 is 0. The van der Waals surface area contributed by atoms with Gasteiger partial charge in [0, 0.05) is 31.6 Å². The molecule has 0 bridgehead atoms. The Bertz CT molecular complexity index is 1140. The molecule has 0 aliphatic carbocycles. The van der Waals surface area contributed by atoms with E-state index in [1.54, 1.807) is 24.1 Å². The van der Waals surface area contributed by atoms with Crippen molar-refractivity contribution in [3.8, 4) is 5.75 Å². The van der Waals surface area contributed by atoms with Gasteiger partial charge < -0.3 is 33.7 Å². The summed E-state index contributed by atoms with van der Waals surface area (Å²) < 4.78 is 21.7. The molecule has 37 heavy (non-hydrogen) atoms. The Kier molecular flexibility index (Phi) is 7.68. The van der Waals surface area contributed by atoms with Crippen molar-refractivity contribution in [1.29, 1.82) is 0 Å². The quantitative estimate of drug-likeness (QED) is 0.587. The number of para-hydroxylation sites is 1. The van der Waals surface area contributed by atoms with Crippen molar-refractivity contribution in [3.63, 3.8) is 0 Å². The summed E-state index contributed by atoms with van der Waals surface area (Å²) in [4.78, 5) is 41.9. The zero-order chi connectivity index (χ0) is 26.8. The number of benzene rings is 1. The first-order valence-corrected chi connectivity index (χ1v) is 12.7. The summed E-state index contributed by atoms with van der Waals surface area (Å²) in [5.41, 5.74) is 0.0695. The lowest BCUT2D eigenvalue weighted by atomic mass is 9.78. The van der Waals surface area contributed by atoms with Gasteiger partial charge in [-0.2, -0.15) is 0 Å². The number of carbonyl (C=O) groups excluding carboxylic acids is 3. The smallest absolute Gasteiger partial charge is 0.330 e. The van der Waals surface area contributed by atoms with Gasteiger partial charge in [0.15, 0.2) is 23.1 Å². The summed E-state index contributed by atoms with van der Waals surface area (Å²) in [6.07, 6.45) is 2.44. The van der Waals surface area contributed by atoms with E-state index in [1.165, 1.54) is 7.11 Å². The normalized spacial score (nSPS) is 18.2. The van der Waals surface area contributed by atoms with Gasteiger partial charge in [0.2, 0.25) is 0 Å². The second-order valence-corrected chi connectivity index (χ2v) is 10.9. The molecule has 4 rings (SSSR count). The van der Waals surface area contributed by atoms with Gasteiger partial charge in [-0.25, -0.2) is 9.59 Å². The number of carbonyl (C=O) groups is 3. The van der Waals surface area contributed by atoms with Crippen molar-refractivity contribution in [3.05, 3.63) is 30.0 Å². The number of amides is 3. The third-order valence-electron chi connectivity index (χ3n) is 7.24. The maximum absolute atomic E-state index is 13.2. The third-order valence-corrected chi connectivity index (χ3v) is 7.24.